The number of hydrogen-bond donors (Lipinski definition) is 2. The van der Waals surface area contributed by atoms with Crippen molar-refractivity contribution < 1.29 is 9.84 Å². The molecule has 0 amide bonds. The molecule has 0 saturated carbocycles. The van der Waals surface area contributed by atoms with Gasteiger partial charge in [-0.2, -0.15) is 0 Å². The van der Waals surface area contributed by atoms with Gasteiger partial charge in [0.25, 0.3) is 0 Å². The van der Waals surface area contributed by atoms with Gasteiger partial charge in [-0.05, 0) is 25.1 Å². The van der Waals surface area contributed by atoms with Crippen molar-refractivity contribution in [2.24, 2.45) is 5.73 Å². The molecule has 0 radical (unpaired) electrons. The van der Waals surface area contributed by atoms with Gasteiger partial charge in [-0.3, -0.25) is 0 Å². The van der Waals surface area contributed by atoms with E-state index in [1.807, 2.05) is 24.3 Å². The van der Waals surface area contributed by atoms with E-state index in [9.17, 15) is 5.11 Å². The van der Waals surface area contributed by atoms with Crippen molar-refractivity contribution in [1.82, 2.24) is 0 Å². The molecular weight excluding hydrogens is 246 g/mol. The molecule has 0 aliphatic heterocycles. The Kier molecular flexibility index (Phi) is 3.92. The molecular formula is C10H14BrNO2. The first-order valence-electron chi connectivity index (χ1n) is 4.34. The van der Waals surface area contributed by atoms with Crippen LogP contribution in [0.3, 0.4) is 0 Å². The summed E-state index contributed by atoms with van der Waals surface area (Å²) in [6, 6.07) is 7.45. The summed E-state index contributed by atoms with van der Waals surface area (Å²) in [4.78, 5) is 0. The van der Waals surface area contributed by atoms with Crippen LogP contribution >= 0.6 is 15.9 Å². The van der Waals surface area contributed by atoms with E-state index in [1.165, 1.54) is 0 Å². The first-order chi connectivity index (χ1) is 6.53. The van der Waals surface area contributed by atoms with E-state index in [0.717, 1.165) is 4.47 Å². The summed E-state index contributed by atoms with van der Waals surface area (Å²) in [5, 5.41) is 9.59. The third-order valence-electron chi connectivity index (χ3n) is 1.79. The monoisotopic (exact) mass is 259 g/mol. The maximum Gasteiger partial charge on any atom is 0.120 e. The van der Waals surface area contributed by atoms with Gasteiger partial charge in [-0.1, -0.05) is 22.0 Å². The van der Waals surface area contributed by atoms with Gasteiger partial charge in [0.15, 0.2) is 0 Å². The van der Waals surface area contributed by atoms with E-state index in [4.69, 9.17) is 10.5 Å². The first kappa shape index (κ1) is 11.5. The average molecular weight is 260 g/mol. The minimum Gasteiger partial charge on any atom is -0.491 e. The van der Waals surface area contributed by atoms with Crippen LogP contribution in [0.15, 0.2) is 28.7 Å². The second-order valence-corrected chi connectivity index (χ2v) is 4.36. The van der Waals surface area contributed by atoms with E-state index < -0.39 is 5.60 Å². The molecule has 3 N–H and O–H groups in total. The van der Waals surface area contributed by atoms with Gasteiger partial charge >= 0.3 is 0 Å². The molecule has 1 unspecified atom stereocenters. The molecule has 3 nitrogen and oxygen atoms in total. The molecule has 0 fully saturated rings. The van der Waals surface area contributed by atoms with Crippen molar-refractivity contribution in [3.05, 3.63) is 28.7 Å². The quantitative estimate of drug-likeness (QED) is 0.863. The lowest BCUT2D eigenvalue weighted by atomic mass is 10.1. The number of hydrogen-bond acceptors (Lipinski definition) is 3. The first-order valence-corrected chi connectivity index (χ1v) is 5.14. The maximum atomic E-state index is 9.59. The number of halogens is 1. The Bertz CT molecular complexity index is 302. The smallest absolute Gasteiger partial charge is 0.120 e. The molecule has 0 spiro atoms. The van der Waals surface area contributed by atoms with E-state index in [0.29, 0.717) is 5.75 Å². The maximum absolute atomic E-state index is 9.59. The summed E-state index contributed by atoms with van der Waals surface area (Å²) in [6.07, 6.45) is 0. The molecule has 0 aliphatic rings. The van der Waals surface area contributed by atoms with E-state index in [1.54, 1.807) is 6.92 Å². The molecule has 1 rings (SSSR count). The van der Waals surface area contributed by atoms with Crippen LogP contribution in [0.25, 0.3) is 0 Å². The Morgan fingerprint density at radius 3 is 2.86 bits per heavy atom. The summed E-state index contributed by atoms with van der Waals surface area (Å²) in [5.74, 6) is 0.716. The van der Waals surface area contributed by atoms with Crippen molar-refractivity contribution >= 4 is 15.9 Å². The normalized spacial score (nSPS) is 14.9. The molecule has 14 heavy (non-hydrogen) atoms. The Morgan fingerprint density at radius 1 is 1.57 bits per heavy atom. The van der Waals surface area contributed by atoms with Crippen LogP contribution in [0.5, 0.6) is 5.75 Å². The van der Waals surface area contributed by atoms with Gasteiger partial charge in [-0.25, -0.2) is 0 Å². The van der Waals surface area contributed by atoms with E-state index in [-0.39, 0.29) is 13.2 Å². The summed E-state index contributed by atoms with van der Waals surface area (Å²) < 4.78 is 6.33. The minimum absolute atomic E-state index is 0.182. The van der Waals surface area contributed by atoms with Crippen molar-refractivity contribution in [2.75, 3.05) is 13.2 Å². The standard InChI is InChI=1S/C10H14BrNO2/c1-10(13,6-12)7-14-9-4-2-3-8(11)5-9/h2-5,13H,6-7,12H2,1H3. The lowest BCUT2D eigenvalue weighted by Gasteiger charge is -2.21. The highest BCUT2D eigenvalue weighted by Crippen LogP contribution is 2.18. The van der Waals surface area contributed by atoms with Crippen LogP contribution in [0.1, 0.15) is 6.92 Å². The molecule has 4 heteroatoms. The second kappa shape index (κ2) is 4.77. The highest BCUT2D eigenvalue weighted by atomic mass is 79.9. The molecule has 0 aliphatic carbocycles. The number of rotatable bonds is 4. The van der Waals surface area contributed by atoms with Crippen LogP contribution in [-0.2, 0) is 0 Å². The fourth-order valence-electron chi connectivity index (χ4n) is 0.855. The lowest BCUT2D eigenvalue weighted by Crippen LogP contribution is -2.40. The molecule has 1 aromatic rings. The van der Waals surface area contributed by atoms with Gasteiger partial charge in [0, 0.05) is 11.0 Å². The van der Waals surface area contributed by atoms with Crippen molar-refractivity contribution in [2.45, 2.75) is 12.5 Å². The fourth-order valence-corrected chi connectivity index (χ4v) is 1.23. The van der Waals surface area contributed by atoms with Crippen molar-refractivity contribution in [3.63, 3.8) is 0 Å². The Labute approximate surface area is 92.0 Å². The molecule has 0 aromatic heterocycles. The van der Waals surface area contributed by atoms with Crippen LogP contribution in [-0.4, -0.2) is 23.9 Å². The molecule has 78 valence electrons. The van der Waals surface area contributed by atoms with Crippen LogP contribution in [0.2, 0.25) is 0 Å². The summed E-state index contributed by atoms with van der Waals surface area (Å²) >= 11 is 3.33. The Balaban J connectivity index is 2.54. The predicted molar refractivity (Wildman–Crippen MR) is 59.3 cm³/mol. The Morgan fingerprint density at radius 2 is 2.29 bits per heavy atom. The van der Waals surface area contributed by atoms with Gasteiger partial charge < -0.3 is 15.6 Å². The topological polar surface area (TPSA) is 55.5 Å². The molecule has 1 atom stereocenters. The predicted octanol–water partition coefficient (Wildman–Crippen LogP) is 1.54. The molecule has 0 bridgehead atoms. The zero-order valence-corrected chi connectivity index (χ0v) is 9.62. The van der Waals surface area contributed by atoms with Crippen LogP contribution in [0.4, 0.5) is 0 Å². The zero-order valence-electron chi connectivity index (χ0n) is 8.03. The lowest BCUT2D eigenvalue weighted by molar-refractivity contribution is 0.0195. The van der Waals surface area contributed by atoms with Gasteiger partial charge in [0.1, 0.15) is 18.0 Å². The van der Waals surface area contributed by atoms with Crippen LogP contribution in [0, 0.1) is 0 Å². The summed E-state index contributed by atoms with van der Waals surface area (Å²) in [6.45, 7) is 2.02. The highest BCUT2D eigenvalue weighted by molar-refractivity contribution is 9.10. The van der Waals surface area contributed by atoms with Gasteiger partial charge in [0.05, 0.1) is 0 Å². The largest absolute Gasteiger partial charge is 0.491 e. The van der Waals surface area contributed by atoms with Gasteiger partial charge in [0.2, 0.25) is 0 Å². The SMILES string of the molecule is CC(O)(CN)COc1cccc(Br)c1. The molecule has 1 aromatic carbocycles. The van der Waals surface area contributed by atoms with Crippen molar-refractivity contribution in [1.29, 1.82) is 0 Å². The number of ether oxygens (including phenoxy) is 1. The number of benzene rings is 1. The summed E-state index contributed by atoms with van der Waals surface area (Å²) in [5.41, 5.74) is 4.39. The van der Waals surface area contributed by atoms with E-state index >= 15 is 0 Å². The number of aliphatic hydroxyl groups is 1. The summed E-state index contributed by atoms with van der Waals surface area (Å²) in [7, 11) is 0. The average Bonchev–Trinajstić information content (AvgIpc) is 2.15. The highest BCUT2D eigenvalue weighted by Gasteiger charge is 2.18. The molecule has 0 heterocycles. The minimum atomic E-state index is -0.970. The third-order valence-corrected chi connectivity index (χ3v) is 2.28. The molecule has 0 saturated heterocycles. The zero-order chi connectivity index (χ0) is 10.6. The Hall–Kier alpha value is -0.580. The van der Waals surface area contributed by atoms with Crippen molar-refractivity contribution in [3.8, 4) is 5.75 Å². The van der Waals surface area contributed by atoms with Crippen LogP contribution < -0.4 is 10.5 Å². The van der Waals surface area contributed by atoms with Gasteiger partial charge in [-0.15, -0.1) is 0 Å². The van der Waals surface area contributed by atoms with E-state index in [2.05, 4.69) is 15.9 Å². The second-order valence-electron chi connectivity index (χ2n) is 3.45. The fraction of sp³-hybridized carbons (Fsp3) is 0.400. The third kappa shape index (κ3) is 3.65. The number of nitrogens with two attached hydrogens (primary N) is 1.